The van der Waals surface area contributed by atoms with Crippen molar-refractivity contribution in [1.29, 1.82) is 0 Å². The van der Waals surface area contributed by atoms with Crippen LogP contribution in [0.5, 0.6) is 0 Å². The third-order valence-corrected chi connectivity index (χ3v) is 6.97. The van der Waals surface area contributed by atoms with Crippen LogP contribution in [0.3, 0.4) is 0 Å². The van der Waals surface area contributed by atoms with Crippen molar-refractivity contribution in [2.24, 2.45) is 0 Å². The molecule has 0 radical (unpaired) electrons. The number of nitrogens with one attached hydrogen (secondary N) is 1. The Labute approximate surface area is 195 Å². The molecule has 3 aromatic rings. The van der Waals surface area contributed by atoms with Crippen molar-refractivity contribution in [2.45, 2.75) is 70.4 Å². The van der Waals surface area contributed by atoms with E-state index in [0.29, 0.717) is 30.7 Å². The highest BCUT2D eigenvalue weighted by molar-refractivity contribution is 5.82. The van der Waals surface area contributed by atoms with E-state index in [1.807, 2.05) is 54.3 Å². The number of carbonyl (C=O) groups excluding carboxylic acids is 1. The summed E-state index contributed by atoms with van der Waals surface area (Å²) in [7, 11) is 0. The average molecular weight is 448 g/mol. The number of nitrogens with zero attached hydrogens (tertiary/aromatic N) is 2. The first-order chi connectivity index (χ1) is 16.2. The number of likely N-dealkylation sites (tertiary alicyclic amines) is 1. The highest BCUT2D eigenvalue weighted by Crippen LogP contribution is 2.26. The van der Waals surface area contributed by atoms with Crippen molar-refractivity contribution >= 4 is 28.7 Å². The van der Waals surface area contributed by atoms with Crippen LogP contribution in [0.15, 0.2) is 46.9 Å². The molecule has 1 saturated carbocycles. The second-order valence-corrected chi connectivity index (χ2v) is 9.41. The highest BCUT2D eigenvalue weighted by Gasteiger charge is 2.30. The lowest BCUT2D eigenvalue weighted by molar-refractivity contribution is -0.133. The minimum atomic E-state index is 0.168. The molecule has 2 aliphatic rings. The maximum atomic E-state index is 13.1. The Hall–Kier alpha value is -2.86. The zero-order chi connectivity index (χ0) is 22.6. The Morgan fingerprint density at radius 1 is 1.12 bits per heavy atom. The van der Waals surface area contributed by atoms with Crippen LogP contribution >= 0.6 is 0 Å². The summed E-state index contributed by atoms with van der Waals surface area (Å²) in [5.74, 6) is 0.168. The number of fused-ring (bicyclic) bond motifs is 1. The van der Waals surface area contributed by atoms with Gasteiger partial charge in [-0.05, 0) is 61.9 Å². The van der Waals surface area contributed by atoms with E-state index in [9.17, 15) is 4.79 Å². The number of aryl methyl sites for hydroxylation is 1. The van der Waals surface area contributed by atoms with Crippen molar-refractivity contribution < 1.29 is 13.9 Å². The topological polar surface area (TPSA) is 67.6 Å². The third kappa shape index (κ3) is 5.22. The van der Waals surface area contributed by atoms with Crippen LogP contribution in [-0.4, -0.2) is 41.1 Å². The molecule has 6 nitrogen and oxygen atoms in total. The minimum Gasteiger partial charge on any atom is -0.423 e. The highest BCUT2D eigenvalue weighted by atomic mass is 16.5. The van der Waals surface area contributed by atoms with Gasteiger partial charge in [-0.1, -0.05) is 43.5 Å². The molecule has 0 unspecified atom stereocenters. The molecule has 0 bridgehead atoms. The Morgan fingerprint density at radius 2 is 1.97 bits per heavy atom. The van der Waals surface area contributed by atoms with Gasteiger partial charge in [-0.2, -0.15) is 4.98 Å². The normalized spacial score (nSPS) is 19.3. The molecule has 1 amide bonds. The Kier molecular flexibility index (Phi) is 6.63. The zero-order valence-corrected chi connectivity index (χ0v) is 19.4. The average Bonchev–Trinajstić information content (AvgIpc) is 3.46. The lowest BCUT2D eigenvalue weighted by Gasteiger charge is -2.28. The number of hydrogen-bond donors (Lipinski definition) is 1. The van der Waals surface area contributed by atoms with Gasteiger partial charge in [0.05, 0.1) is 25.2 Å². The fourth-order valence-electron chi connectivity index (χ4n) is 5.05. The lowest BCUT2D eigenvalue weighted by Crippen LogP contribution is -2.40. The molecular formula is C27H33N3O3. The van der Waals surface area contributed by atoms with Gasteiger partial charge in [-0.3, -0.25) is 4.79 Å². The molecule has 1 saturated heterocycles. The van der Waals surface area contributed by atoms with Crippen molar-refractivity contribution in [3.63, 3.8) is 0 Å². The van der Waals surface area contributed by atoms with Crippen molar-refractivity contribution in [1.82, 2.24) is 9.88 Å². The molecule has 1 aliphatic heterocycles. The van der Waals surface area contributed by atoms with Gasteiger partial charge < -0.3 is 19.4 Å². The first kappa shape index (κ1) is 22.0. The maximum Gasteiger partial charge on any atom is 0.300 e. The molecule has 174 valence electrons. The fraction of sp³-hybridized carbons (Fsp3) is 0.481. The molecule has 2 fully saturated rings. The number of carbonyl (C=O) groups is 1. The number of hydrogen-bond acceptors (Lipinski definition) is 5. The Bertz CT molecular complexity index is 1100. The Balaban J connectivity index is 1.21. The second kappa shape index (κ2) is 9.96. The van der Waals surface area contributed by atoms with E-state index in [0.717, 1.165) is 41.7 Å². The summed E-state index contributed by atoms with van der Waals surface area (Å²) in [5, 5.41) is 3.25. The van der Waals surface area contributed by atoms with E-state index < -0.39 is 0 Å². The summed E-state index contributed by atoms with van der Waals surface area (Å²) in [4.78, 5) is 19.7. The number of benzene rings is 2. The predicted molar refractivity (Wildman–Crippen MR) is 130 cm³/mol. The molecule has 6 heteroatoms. The molecule has 33 heavy (non-hydrogen) atoms. The molecule has 2 heterocycles. The molecule has 2 aromatic carbocycles. The summed E-state index contributed by atoms with van der Waals surface area (Å²) >= 11 is 0. The number of amides is 1. The van der Waals surface area contributed by atoms with Gasteiger partial charge in [0.15, 0.2) is 5.58 Å². The molecular weight excluding hydrogens is 414 g/mol. The summed E-state index contributed by atoms with van der Waals surface area (Å²) in [6.45, 7) is 3.54. The fourth-order valence-corrected chi connectivity index (χ4v) is 5.05. The van der Waals surface area contributed by atoms with Crippen LogP contribution in [0.4, 0.5) is 11.7 Å². The number of rotatable bonds is 7. The number of ether oxygens (including phenoxy) is 1. The molecule has 1 atom stereocenters. The van der Waals surface area contributed by atoms with Gasteiger partial charge in [-0.15, -0.1) is 0 Å². The van der Waals surface area contributed by atoms with Crippen molar-refractivity contribution in [2.75, 3.05) is 18.5 Å². The van der Waals surface area contributed by atoms with Crippen LogP contribution in [0.1, 0.15) is 56.1 Å². The number of anilines is 2. The van der Waals surface area contributed by atoms with Crippen LogP contribution in [0.2, 0.25) is 0 Å². The van der Waals surface area contributed by atoms with E-state index in [2.05, 4.69) is 10.3 Å². The van der Waals surface area contributed by atoms with Gasteiger partial charge in [-0.25, -0.2) is 0 Å². The van der Waals surface area contributed by atoms with Crippen molar-refractivity contribution in [3.8, 4) is 0 Å². The molecule has 1 aromatic heterocycles. The molecule has 1 aliphatic carbocycles. The minimum absolute atomic E-state index is 0.168. The quantitative estimate of drug-likeness (QED) is 0.499. The number of aromatic nitrogens is 1. The zero-order valence-electron chi connectivity index (χ0n) is 19.4. The van der Waals surface area contributed by atoms with Crippen molar-refractivity contribution in [3.05, 3.63) is 53.6 Å². The molecule has 0 spiro atoms. The third-order valence-electron chi connectivity index (χ3n) is 6.97. The summed E-state index contributed by atoms with van der Waals surface area (Å²) in [6, 6.07) is 14.5. The smallest absolute Gasteiger partial charge is 0.300 e. The maximum absolute atomic E-state index is 13.1. The summed E-state index contributed by atoms with van der Waals surface area (Å²) in [6.07, 6.45) is 9.04. The van der Waals surface area contributed by atoms with Gasteiger partial charge in [0.1, 0.15) is 5.52 Å². The van der Waals surface area contributed by atoms with Gasteiger partial charge in [0, 0.05) is 12.2 Å². The van der Waals surface area contributed by atoms with Crippen LogP contribution in [-0.2, 0) is 16.0 Å². The summed E-state index contributed by atoms with van der Waals surface area (Å²) in [5.41, 5.74) is 4.51. The van der Waals surface area contributed by atoms with Crippen LogP contribution in [0, 0.1) is 6.92 Å². The predicted octanol–water partition coefficient (Wildman–Crippen LogP) is 5.76. The number of para-hydroxylation sites is 1. The SMILES string of the molecule is Cc1ccccc1Nc1nc2ccc(CC(=O)N3CCC[C@H]3COC3CCCCC3)cc2o1. The van der Waals surface area contributed by atoms with Crippen LogP contribution in [0.25, 0.3) is 11.1 Å². The largest absolute Gasteiger partial charge is 0.423 e. The molecule has 5 rings (SSSR count). The van der Waals surface area contributed by atoms with Gasteiger partial charge >= 0.3 is 0 Å². The standard InChI is InChI=1S/C27H33N3O3/c1-19-8-5-6-12-23(19)28-27-29-24-14-13-20(16-25(24)33-27)17-26(31)30-15-7-9-21(30)18-32-22-10-3-2-4-11-22/h5-6,8,12-14,16,21-22H,2-4,7,9-11,15,17-18H2,1H3,(H,28,29)/t21-/m0/s1. The number of oxazole rings is 1. The van der Waals surface area contributed by atoms with Crippen LogP contribution < -0.4 is 5.32 Å². The molecule has 1 N–H and O–H groups in total. The van der Waals surface area contributed by atoms with E-state index in [1.54, 1.807) is 0 Å². The first-order valence-electron chi connectivity index (χ1n) is 12.3. The monoisotopic (exact) mass is 447 g/mol. The second-order valence-electron chi connectivity index (χ2n) is 9.41. The van der Waals surface area contributed by atoms with E-state index in [1.165, 1.54) is 32.1 Å². The van der Waals surface area contributed by atoms with E-state index in [4.69, 9.17) is 9.15 Å². The van der Waals surface area contributed by atoms with E-state index in [-0.39, 0.29) is 11.9 Å². The van der Waals surface area contributed by atoms with E-state index >= 15 is 0 Å². The van der Waals surface area contributed by atoms with Gasteiger partial charge in [0.25, 0.3) is 6.01 Å². The lowest BCUT2D eigenvalue weighted by atomic mass is 9.98. The summed E-state index contributed by atoms with van der Waals surface area (Å²) < 4.78 is 12.1. The Morgan fingerprint density at radius 3 is 2.82 bits per heavy atom. The first-order valence-corrected chi connectivity index (χ1v) is 12.3. The van der Waals surface area contributed by atoms with Gasteiger partial charge in [0.2, 0.25) is 5.91 Å².